The molecular formula is C15H17NO3S. The van der Waals surface area contributed by atoms with Crippen molar-refractivity contribution in [1.82, 2.24) is 4.98 Å². The number of benzene rings is 1. The first-order valence-corrected chi connectivity index (χ1v) is 7.52. The van der Waals surface area contributed by atoms with E-state index < -0.39 is 0 Å². The van der Waals surface area contributed by atoms with Crippen LogP contribution in [0.1, 0.15) is 31.2 Å². The van der Waals surface area contributed by atoms with Crippen molar-refractivity contribution in [2.24, 2.45) is 0 Å². The molecule has 0 saturated heterocycles. The molecule has 0 unspecified atom stereocenters. The Morgan fingerprint density at radius 2 is 2.00 bits per heavy atom. The molecule has 0 atom stereocenters. The minimum atomic E-state index is -0.305. The molecule has 2 rings (SSSR count). The average Bonchev–Trinajstić information content (AvgIpc) is 2.86. The molecule has 106 valence electrons. The van der Waals surface area contributed by atoms with Gasteiger partial charge >= 0.3 is 5.97 Å². The van der Waals surface area contributed by atoms with E-state index in [1.165, 1.54) is 0 Å². The zero-order valence-corrected chi connectivity index (χ0v) is 12.2. The van der Waals surface area contributed by atoms with Crippen molar-refractivity contribution in [3.8, 4) is 0 Å². The fourth-order valence-corrected chi connectivity index (χ4v) is 2.84. The number of fused-ring (bicyclic) bond motifs is 1. The van der Waals surface area contributed by atoms with E-state index in [1.807, 2.05) is 24.3 Å². The van der Waals surface area contributed by atoms with Gasteiger partial charge in [-0.3, -0.25) is 9.59 Å². The molecule has 4 nitrogen and oxygen atoms in total. The van der Waals surface area contributed by atoms with Crippen molar-refractivity contribution < 1.29 is 14.3 Å². The zero-order chi connectivity index (χ0) is 14.4. The summed E-state index contributed by atoms with van der Waals surface area (Å²) in [4.78, 5) is 27.3. The van der Waals surface area contributed by atoms with Crippen molar-refractivity contribution >= 4 is 33.3 Å². The number of aryl methyl sites for hydroxylation is 1. The van der Waals surface area contributed by atoms with Crippen LogP contribution in [0.5, 0.6) is 0 Å². The Kier molecular flexibility index (Phi) is 5.24. The number of thiazole rings is 1. The van der Waals surface area contributed by atoms with Crippen molar-refractivity contribution in [3.63, 3.8) is 0 Å². The van der Waals surface area contributed by atoms with Crippen LogP contribution in [0.3, 0.4) is 0 Å². The number of ether oxygens (including phenoxy) is 1. The van der Waals surface area contributed by atoms with Gasteiger partial charge in [0.15, 0.2) is 0 Å². The van der Waals surface area contributed by atoms with Crippen molar-refractivity contribution in [1.29, 1.82) is 0 Å². The van der Waals surface area contributed by atoms with Gasteiger partial charge in [-0.1, -0.05) is 12.1 Å². The van der Waals surface area contributed by atoms with Crippen molar-refractivity contribution in [2.75, 3.05) is 6.61 Å². The van der Waals surface area contributed by atoms with E-state index in [1.54, 1.807) is 18.3 Å². The maximum Gasteiger partial charge on any atom is 0.306 e. The first kappa shape index (κ1) is 14.7. The summed E-state index contributed by atoms with van der Waals surface area (Å²) >= 11 is 1.62. The molecule has 0 aliphatic rings. The topological polar surface area (TPSA) is 56.3 Å². The van der Waals surface area contributed by atoms with E-state index in [9.17, 15) is 9.59 Å². The monoisotopic (exact) mass is 291 g/mol. The van der Waals surface area contributed by atoms with Crippen LogP contribution in [0.2, 0.25) is 0 Å². The minimum absolute atomic E-state index is 0.0808. The maximum atomic E-state index is 11.7. The van der Waals surface area contributed by atoms with Gasteiger partial charge in [-0.15, -0.1) is 11.3 Å². The number of para-hydroxylation sites is 1. The molecule has 2 aromatic rings. The number of hydrogen-bond acceptors (Lipinski definition) is 5. The van der Waals surface area contributed by atoms with Crippen molar-refractivity contribution in [2.45, 2.75) is 32.6 Å². The molecule has 0 amide bonds. The Hall–Kier alpha value is -1.75. The highest BCUT2D eigenvalue weighted by atomic mass is 32.1. The second-order valence-electron chi connectivity index (χ2n) is 4.42. The number of rotatable bonds is 7. The molecule has 0 aliphatic heterocycles. The van der Waals surface area contributed by atoms with Crippen LogP contribution in [-0.4, -0.2) is 23.3 Å². The highest BCUT2D eigenvalue weighted by Gasteiger charge is 2.09. The maximum absolute atomic E-state index is 11.7. The van der Waals surface area contributed by atoms with E-state index in [-0.39, 0.29) is 24.6 Å². The quantitative estimate of drug-likeness (QED) is 0.735. The van der Waals surface area contributed by atoms with Crippen LogP contribution in [0.4, 0.5) is 0 Å². The second-order valence-corrected chi connectivity index (χ2v) is 5.53. The van der Waals surface area contributed by atoms with Gasteiger partial charge in [-0.2, -0.15) is 0 Å². The van der Waals surface area contributed by atoms with Crippen LogP contribution in [-0.2, 0) is 20.7 Å². The molecule has 1 aromatic heterocycles. The van der Waals surface area contributed by atoms with Gasteiger partial charge in [-0.25, -0.2) is 4.98 Å². The van der Waals surface area contributed by atoms with E-state index >= 15 is 0 Å². The lowest BCUT2D eigenvalue weighted by molar-refractivity contribution is -0.144. The number of ketones is 1. The van der Waals surface area contributed by atoms with Crippen LogP contribution < -0.4 is 0 Å². The van der Waals surface area contributed by atoms with Crippen LogP contribution >= 0.6 is 11.3 Å². The van der Waals surface area contributed by atoms with Gasteiger partial charge in [0.2, 0.25) is 0 Å². The van der Waals surface area contributed by atoms with Gasteiger partial charge < -0.3 is 4.74 Å². The first-order valence-electron chi connectivity index (χ1n) is 6.71. The highest BCUT2D eigenvalue weighted by molar-refractivity contribution is 7.18. The molecule has 0 spiro atoms. The number of carbonyl (C=O) groups excluding carboxylic acids is 2. The summed E-state index contributed by atoms with van der Waals surface area (Å²) in [6.45, 7) is 2.12. The van der Waals surface area contributed by atoms with Gasteiger partial charge in [0.05, 0.1) is 28.3 Å². The number of esters is 1. The Balaban J connectivity index is 1.79. The minimum Gasteiger partial charge on any atom is -0.466 e. The third-order valence-corrected chi connectivity index (χ3v) is 3.97. The lowest BCUT2D eigenvalue weighted by Gasteiger charge is -2.00. The molecule has 0 saturated carbocycles. The number of aromatic nitrogens is 1. The molecule has 1 heterocycles. The van der Waals surface area contributed by atoms with Gasteiger partial charge in [0, 0.05) is 19.3 Å². The Morgan fingerprint density at radius 1 is 1.20 bits per heavy atom. The van der Waals surface area contributed by atoms with Crippen molar-refractivity contribution in [3.05, 3.63) is 29.3 Å². The van der Waals surface area contributed by atoms with Crippen LogP contribution in [0.25, 0.3) is 10.2 Å². The Labute approximate surface area is 121 Å². The molecular weight excluding hydrogens is 274 g/mol. The zero-order valence-electron chi connectivity index (χ0n) is 11.4. The summed E-state index contributed by atoms with van der Waals surface area (Å²) in [6, 6.07) is 7.93. The number of Topliss-reactive ketones (excluding diaryl/α,β-unsaturated/α-hetero) is 1. The number of carbonyl (C=O) groups is 2. The lowest BCUT2D eigenvalue weighted by Crippen LogP contribution is -2.08. The van der Waals surface area contributed by atoms with E-state index in [2.05, 4.69) is 4.98 Å². The standard InChI is InChI=1S/C15H17NO3S/c1-2-19-15(18)10-8-11(17)7-9-14-16-12-5-3-4-6-13(12)20-14/h3-6H,2,7-10H2,1H3. The van der Waals surface area contributed by atoms with E-state index in [0.29, 0.717) is 19.4 Å². The van der Waals surface area contributed by atoms with Gasteiger partial charge in [-0.05, 0) is 19.1 Å². The molecule has 20 heavy (non-hydrogen) atoms. The molecule has 0 aliphatic carbocycles. The molecule has 0 bridgehead atoms. The first-order chi connectivity index (χ1) is 9.69. The Morgan fingerprint density at radius 3 is 2.75 bits per heavy atom. The number of nitrogens with zero attached hydrogens (tertiary/aromatic N) is 1. The number of hydrogen-bond donors (Lipinski definition) is 0. The third kappa shape index (κ3) is 4.13. The fourth-order valence-electron chi connectivity index (χ4n) is 1.87. The van der Waals surface area contributed by atoms with Crippen LogP contribution in [0, 0.1) is 0 Å². The summed E-state index contributed by atoms with van der Waals surface area (Å²) in [5.74, 6) is -0.224. The molecule has 0 N–H and O–H groups in total. The molecule has 1 aromatic carbocycles. The Bertz CT molecular complexity index is 573. The average molecular weight is 291 g/mol. The normalized spacial score (nSPS) is 10.7. The third-order valence-electron chi connectivity index (χ3n) is 2.87. The highest BCUT2D eigenvalue weighted by Crippen LogP contribution is 2.22. The molecule has 0 fully saturated rings. The summed E-state index contributed by atoms with van der Waals surface area (Å²) < 4.78 is 5.93. The summed E-state index contributed by atoms with van der Waals surface area (Å²) in [7, 11) is 0. The predicted molar refractivity (Wildman–Crippen MR) is 78.8 cm³/mol. The summed E-state index contributed by atoms with van der Waals surface area (Å²) in [5.41, 5.74) is 0.978. The summed E-state index contributed by atoms with van der Waals surface area (Å²) in [5, 5.41) is 0.968. The second kappa shape index (κ2) is 7.14. The molecule has 0 radical (unpaired) electrons. The van der Waals surface area contributed by atoms with E-state index in [4.69, 9.17) is 4.74 Å². The van der Waals surface area contributed by atoms with Crippen LogP contribution in [0.15, 0.2) is 24.3 Å². The predicted octanol–water partition coefficient (Wildman–Crippen LogP) is 3.14. The van der Waals surface area contributed by atoms with Gasteiger partial charge in [0.1, 0.15) is 5.78 Å². The lowest BCUT2D eigenvalue weighted by atomic mass is 10.1. The fraction of sp³-hybridized carbons (Fsp3) is 0.400. The van der Waals surface area contributed by atoms with E-state index in [0.717, 1.165) is 15.2 Å². The molecule has 5 heteroatoms. The summed E-state index contributed by atoms with van der Waals surface area (Å²) in [6.07, 6.45) is 1.50. The largest absolute Gasteiger partial charge is 0.466 e. The van der Waals surface area contributed by atoms with Gasteiger partial charge in [0.25, 0.3) is 0 Å². The SMILES string of the molecule is CCOC(=O)CCC(=O)CCc1nc2ccccc2s1. The smallest absolute Gasteiger partial charge is 0.306 e.